The Bertz CT molecular complexity index is 1260. The predicted octanol–water partition coefficient (Wildman–Crippen LogP) is 2.48. The molecule has 0 unspecified atom stereocenters. The number of primary amides is 2. The van der Waals surface area contributed by atoms with Crippen molar-refractivity contribution in [2.45, 2.75) is 19.8 Å². The van der Waals surface area contributed by atoms with Gasteiger partial charge in [0.15, 0.2) is 0 Å². The van der Waals surface area contributed by atoms with Crippen molar-refractivity contribution in [1.29, 1.82) is 0 Å². The first-order chi connectivity index (χ1) is 14.9. The molecule has 8 heteroatoms. The molecule has 0 spiro atoms. The molecule has 2 amide bonds. The fourth-order valence-corrected chi connectivity index (χ4v) is 3.63. The van der Waals surface area contributed by atoms with Gasteiger partial charge in [0.25, 0.3) is 0 Å². The van der Waals surface area contributed by atoms with Gasteiger partial charge in [0, 0.05) is 23.1 Å². The number of amides is 2. The van der Waals surface area contributed by atoms with E-state index in [4.69, 9.17) is 11.5 Å². The largest absolute Gasteiger partial charge is 0.505 e. The highest BCUT2D eigenvalue weighted by Gasteiger charge is 2.20. The Morgan fingerprint density at radius 3 is 2.03 bits per heavy atom. The maximum atomic E-state index is 12.0. The van der Waals surface area contributed by atoms with Crippen molar-refractivity contribution in [3.8, 4) is 11.4 Å². The third-order valence-corrected chi connectivity index (χ3v) is 5.21. The summed E-state index contributed by atoms with van der Waals surface area (Å²) < 4.78 is 0. The fraction of sp³-hybridized carbons (Fsp3) is 0.130. The van der Waals surface area contributed by atoms with Gasteiger partial charge >= 0.3 is 0 Å². The maximum absolute atomic E-state index is 12.0. The fourth-order valence-electron chi connectivity index (χ4n) is 3.63. The van der Waals surface area contributed by atoms with Gasteiger partial charge in [-0.2, -0.15) is 0 Å². The molecule has 0 aliphatic heterocycles. The van der Waals surface area contributed by atoms with E-state index >= 15 is 0 Å². The lowest BCUT2D eigenvalue weighted by Gasteiger charge is -2.15. The lowest BCUT2D eigenvalue weighted by atomic mass is 9.92. The topological polar surface area (TPSA) is 137 Å². The average molecular weight is 415 g/mol. The molecular formula is C23H21N5O3. The zero-order valence-electron chi connectivity index (χ0n) is 16.9. The van der Waals surface area contributed by atoms with Gasteiger partial charge in [-0.1, -0.05) is 31.2 Å². The molecule has 0 radical (unpaired) electrons. The van der Waals surface area contributed by atoms with Gasteiger partial charge in [-0.15, -0.1) is 15.0 Å². The summed E-state index contributed by atoms with van der Waals surface area (Å²) in [5, 5.41) is 20.0. The number of aromatic hydroxyl groups is 1. The molecule has 4 rings (SSSR count). The second-order valence-corrected chi connectivity index (χ2v) is 7.19. The van der Waals surface area contributed by atoms with Crippen LogP contribution in [0.25, 0.3) is 16.7 Å². The SMILES string of the molecule is CCc1cc(Cc2c(C(N)=O)cccc2C(N)=O)c(O)c(-n2nc3ccccc3n2)c1. The van der Waals surface area contributed by atoms with Crippen LogP contribution in [0.2, 0.25) is 0 Å². The average Bonchev–Trinajstić information content (AvgIpc) is 3.18. The molecule has 0 aliphatic rings. The summed E-state index contributed by atoms with van der Waals surface area (Å²) in [5.74, 6) is -1.40. The Morgan fingerprint density at radius 1 is 0.935 bits per heavy atom. The number of hydrogen-bond acceptors (Lipinski definition) is 5. The van der Waals surface area contributed by atoms with Crippen molar-refractivity contribution < 1.29 is 14.7 Å². The summed E-state index contributed by atoms with van der Waals surface area (Å²) in [6.45, 7) is 1.99. The minimum atomic E-state index is -0.676. The smallest absolute Gasteiger partial charge is 0.249 e. The highest BCUT2D eigenvalue weighted by atomic mass is 16.3. The zero-order valence-corrected chi connectivity index (χ0v) is 16.9. The first-order valence-corrected chi connectivity index (χ1v) is 9.77. The van der Waals surface area contributed by atoms with Gasteiger partial charge in [-0.25, -0.2) is 0 Å². The van der Waals surface area contributed by atoms with Gasteiger partial charge < -0.3 is 16.6 Å². The first kappa shape index (κ1) is 20.1. The van der Waals surface area contributed by atoms with Crippen molar-refractivity contribution in [3.05, 3.63) is 82.4 Å². The third kappa shape index (κ3) is 3.71. The summed E-state index contributed by atoms with van der Waals surface area (Å²) in [7, 11) is 0. The molecule has 156 valence electrons. The molecular weight excluding hydrogens is 394 g/mol. The molecule has 0 aliphatic carbocycles. The number of phenolic OH excluding ortho intramolecular Hbond substituents is 1. The molecule has 5 N–H and O–H groups in total. The molecule has 4 aromatic rings. The quantitative estimate of drug-likeness (QED) is 0.444. The van der Waals surface area contributed by atoms with E-state index in [2.05, 4.69) is 10.2 Å². The Kier molecular flexibility index (Phi) is 5.12. The van der Waals surface area contributed by atoms with Crippen molar-refractivity contribution in [2.24, 2.45) is 11.5 Å². The normalized spacial score (nSPS) is 11.0. The van der Waals surface area contributed by atoms with Gasteiger partial charge in [0.1, 0.15) is 22.5 Å². The van der Waals surface area contributed by atoms with Gasteiger partial charge in [0.05, 0.1) is 0 Å². The second-order valence-electron chi connectivity index (χ2n) is 7.19. The van der Waals surface area contributed by atoms with Crippen LogP contribution in [-0.2, 0) is 12.8 Å². The molecule has 0 bridgehead atoms. The number of rotatable bonds is 6. The second kappa shape index (κ2) is 7.91. The van der Waals surface area contributed by atoms with Crippen LogP contribution in [0.3, 0.4) is 0 Å². The number of carbonyl (C=O) groups excluding carboxylic acids is 2. The third-order valence-electron chi connectivity index (χ3n) is 5.21. The molecule has 8 nitrogen and oxygen atoms in total. The lowest BCUT2D eigenvalue weighted by Crippen LogP contribution is -2.20. The standard InChI is InChI=1S/C23H21N5O3/c1-2-13-10-14(12-17-15(22(24)30)6-5-7-16(17)23(25)31)21(29)20(11-13)28-26-18-8-3-4-9-19(18)27-28/h3-11,29H,2,12H2,1H3,(H2,24,30)(H2,25,31). The highest BCUT2D eigenvalue weighted by Crippen LogP contribution is 2.31. The van der Waals surface area contributed by atoms with Crippen molar-refractivity contribution in [3.63, 3.8) is 0 Å². The monoisotopic (exact) mass is 415 g/mol. The van der Waals surface area contributed by atoms with E-state index in [0.717, 1.165) is 5.56 Å². The van der Waals surface area contributed by atoms with Crippen molar-refractivity contribution >= 4 is 22.8 Å². The Balaban J connectivity index is 1.88. The van der Waals surface area contributed by atoms with Crippen molar-refractivity contribution in [2.75, 3.05) is 0 Å². The molecule has 3 aromatic carbocycles. The van der Waals surface area contributed by atoms with Crippen LogP contribution in [0.5, 0.6) is 5.75 Å². The van der Waals surface area contributed by atoms with Gasteiger partial charge in [-0.05, 0) is 47.9 Å². The lowest BCUT2D eigenvalue weighted by molar-refractivity contribution is 0.0999. The van der Waals surface area contributed by atoms with Gasteiger partial charge in [-0.3, -0.25) is 9.59 Å². The van der Waals surface area contributed by atoms with Crippen molar-refractivity contribution in [1.82, 2.24) is 15.0 Å². The van der Waals surface area contributed by atoms with Crippen LogP contribution in [0.4, 0.5) is 0 Å². The Hall–Kier alpha value is -4.20. The van der Waals surface area contributed by atoms with E-state index < -0.39 is 11.8 Å². The predicted molar refractivity (Wildman–Crippen MR) is 116 cm³/mol. The van der Waals surface area contributed by atoms with Crippen LogP contribution in [0.1, 0.15) is 44.3 Å². The summed E-state index contributed by atoms with van der Waals surface area (Å²) in [6, 6.07) is 15.7. The Labute approximate surface area is 178 Å². The number of carbonyl (C=O) groups is 2. The molecule has 0 fully saturated rings. The number of aromatic nitrogens is 3. The zero-order chi connectivity index (χ0) is 22.1. The molecule has 1 aromatic heterocycles. The van der Waals surface area contributed by atoms with E-state index in [1.54, 1.807) is 6.07 Å². The highest BCUT2D eigenvalue weighted by molar-refractivity contribution is 6.01. The van der Waals surface area contributed by atoms with Crippen LogP contribution < -0.4 is 11.5 Å². The van der Waals surface area contributed by atoms with E-state index in [1.807, 2.05) is 43.3 Å². The van der Waals surface area contributed by atoms with Crippen LogP contribution >= 0.6 is 0 Å². The number of phenols is 1. The van der Waals surface area contributed by atoms with Crippen LogP contribution in [0, 0.1) is 0 Å². The molecule has 0 atom stereocenters. The van der Waals surface area contributed by atoms with E-state index in [9.17, 15) is 14.7 Å². The van der Waals surface area contributed by atoms with Crippen LogP contribution in [0.15, 0.2) is 54.6 Å². The summed E-state index contributed by atoms with van der Waals surface area (Å²) in [5.41, 5.74) is 15.0. The number of nitrogens with two attached hydrogens (primary N) is 2. The minimum absolute atomic E-state index is 0.0489. The molecule has 1 heterocycles. The molecule has 0 saturated carbocycles. The van der Waals surface area contributed by atoms with Crippen LogP contribution in [-0.4, -0.2) is 31.9 Å². The van der Waals surface area contributed by atoms with E-state index in [-0.39, 0.29) is 23.3 Å². The van der Waals surface area contributed by atoms with Gasteiger partial charge in [0.2, 0.25) is 11.8 Å². The molecule has 0 saturated heterocycles. The first-order valence-electron chi connectivity index (χ1n) is 9.77. The summed E-state index contributed by atoms with van der Waals surface area (Å²) >= 11 is 0. The minimum Gasteiger partial charge on any atom is -0.505 e. The van der Waals surface area contributed by atoms with E-state index in [1.165, 1.54) is 16.9 Å². The number of benzene rings is 3. The number of hydrogen-bond donors (Lipinski definition) is 3. The maximum Gasteiger partial charge on any atom is 0.249 e. The number of fused-ring (bicyclic) bond motifs is 1. The van der Waals surface area contributed by atoms with E-state index in [0.29, 0.717) is 34.3 Å². The number of nitrogens with zero attached hydrogens (tertiary/aromatic N) is 3. The number of aryl methyl sites for hydroxylation is 1. The Morgan fingerprint density at radius 2 is 1.52 bits per heavy atom. The summed E-state index contributed by atoms with van der Waals surface area (Å²) in [4.78, 5) is 25.3. The molecule has 31 heavy (non-hydrogen) atoms. The summed E-state index contributed by atoms with van der Waals surface area (Å²) in [6.07, 6.45) is 0.784.